The van der Waals surface area contributed by atoms with E-state index < -0.39 is 0 Å². The van der Waals surface area contributed by atoms with Crippen LogP contribution in [0.25, 0.3) is 0 Å². The van der Waals surface area contributed by atoms with E-state index in [-0.39, 0.29) is 11.9 Å². The van der Waals surface area contributed by atoms with E-state index in [1.165, 1.54) is 6.07 Å². The fraction of sp³-hybridized carbons (Fsp3) is 0.267. The molecule has 0 aliphatic rings. The third-order valence-electron chi connectivity index (χ3n) is 3.05. The van der Waals surface area contributed by atoms with Gasteiger partial charge in [-0.05, 0) is 50.2 Å². The van der Waals surface area contributed by atoms with Crippen LogP contribution in [0.15, 0.2) is 36.4 Å². The van der Waals surface area contributed by atoms with Crippen LogP contribution in [0.3, 0.4) is 0 Å². The highest BCUT2D eigenvalue weighted by Gasteiger charge is 2.15. The first-order valence-electron chi connectivity index (χ1n) is 5.98. The Morgan fingerprint density at radius 2 is 1.94 bits per heavy atom. The number of aryl methyl sites for hydroxylation is 2. The lowest BCUT2D eigenvalue weighted by Crippen LogP contribution is -2.19. The summed E-state index contributed by atoms with van der Waals surface area (Å²) in [5.74, 6) is -0.217. The number of nitrogens with one attached hydrogen (secondary N) is 1. The Labute approximate surface area is 107 Å². The molecule has 0 radical (unpaired) electrons. The Morgan fingerprint density at radius 3 is 2.56 bits per heavy atom. The van der Waals surface area contributed by atoms with Gasteiger partial charge in [0.1, 0.15) is 5.82 Å². The molecule has 2 nitrogen and oxygen atoms in total. The average molecular weight is 244 g/mol. The maximum absolute atomic E-state index is 13.3. The molecule has 0 saturated carbocycles. The van der Waals surface area contributed by atoms with Crippen molar-refractivity contribution in [1.82, 2.24) is 10.3 Å². The lowest BCUT2D eigenvalue weighted by Gasteiger charge is -2.19. The topological polar surface area (TPSA) is 24.9 Å². The molecule has 2 rings (SSSR count). The van der Waals surface area contributed by atoms with Crippen LogP contribution in [0, 0.1) is 19.7 Å². The van der Waals surface area contributed by atoms with Gasteiger partial charge in [-0.25, -0.2) is 4.39 Å². The highest BCUT2D eigenvalue weighted by Crippen LogP contribution is 2.24. The van der Waals surface area contributed by atoms with Crippen LogP contribution < -0.4 is 5.32 Å². The third-order valence-corrected chi connectivity index (χ3v) is 3.05. The largest absolute Gasteiger partial charge is 0.309 e. The Morgan fingerprint density at radius 1 is 1.17 bits per heavy atom. The molecule has 1 aromatic heterocycles. The molecule has 1 unspecified atom stereocenters. The van der Waals surface area contributed by atoms with Gasteiger partial charge in [0.05, 0.1) is 6.04 Å². The maximum atomic E-state index is 13.3. The Hall–Kier alpha value is -1.74. The van der Waals surface area contributed by atoms with Crippen molar-refractivity contribution in [3.05, 3.63) is 64.7 Å². The number of pyridine rings is 1. The molecule has 94 valence electrons. The lowest BCUT2D eigenvalue weighted by molar-refractivity contribution is 0.615. The van der Waals surface area contributed by atoms with Crippen molar-refractivity contribution in [3.8, 4) is 0 Å². The SMILES string of the molecule is CNC(c1cccc(F)c1)c1ccc(C)nc1C. The van der Waals surface area contributed by atoms with Crippen molar-refractivity contribution in [1.29, 1.82) is 0 Å². The molecule has 1 atom stereocenters. The zero-order valence-electron chi connectivity index (χ0n) is 10.9. The van der Waals surface area contributed by atoms with E-state index in [4.69, 9.17) is 0 Å². The molecule has 0 aliphatic carbocycles. The predicted octanol–water partition coefficient (Wildman–Crippen LogP) is 3.15. The first-order valence-corrected chi connectivity index (χ1v) is 5.98. The van der Waals surface area contributed by atoms with E-state index in [1.54, 1.807) is 12.1 Å². The quantitative estimate of drug-likeness (QED) is 0.897. The van der Waals surface area contributed by atoms with Crippen molar-refractivity contribution in [3.63, 3.8) is 0 Å². The van der Waals surface area contributed by atoms with E-state index in [0.29, 0.717) is 0 Å². The number of nitrogens with zero attached hydrogens (tertiary/aromatic N) is 1. The van der Waals surface area contributed by atoms with Gasteiger partial charge in [-0.3, -0.25) is 4.98 Å². The minimum absolute atomic E-state index is 0.0335. The second-order valence-electron chi connectivity index (χ2n) is 4.40. The lowest BCUT2D eigenvalue weighted by atomic mass is 9.97. The summed E-state index contributed by atoms with van der Waals surface area (Å²) in [5, 5.41) is 3.22. The standard InChI is InChI=1S/C15H17FN2/c1-10-7-8-14(11(2)18-10)15(17-3)12-5-4-6-13(16)9-12/h4-9,15,17H,1-3H3. The molecule has 1 N–H and O–H groups in total. The summed E-state index contributed by atoms with van der Waals surface area (Å²) in [6.07, 6.45) is 0. The molecule has 1 heterocycles. The molecular weight excluding hydrogens is 227 g/mol. The number of hydrogen-bond donors (Lipinski definition) is 1. The smallest absolute Gasteiger partial charge is 0.123 e. The number of aromatic nitrogens is 1. The van der Waals surface area contributed by atoms with Crippen LogP contribution in [0.1, 0.15) is 28.6 Å². The van der Waals surface area contributed by atoms with E-state index in [1.807, 2.05) is 39.1 Å². The summed E-state index contributed by atoms with van der Waals surface area (Å²) in [4.78, 5) is 4.46. The van der Waals surface area contributed by atoms with Gasteiger partial charge in [0.25, 0.3) is 0 Å². The first kappa shape index (κ1) is 12.7. The molecule has 2 aromatic rings. The number of benzene rings is 1. The van der Waals surface area contributed by atoms with Gasteiger partial charge in [-0.15, -0.1) is 0 Å². The van der Waals surface area contributed by atoms with E-state index >= 15 is 0 Å². The van der Waals surface area contributed by atoms with Crippen molar-refractivity contribution < 1.29 is 4.39 Å². The maximum Gasteiger partial charge on any atom is 0.123 e. The van der Waals surface area contributed by atoms with Gasteiger partial charge in [0, 0.05) is 11.4 Å². The summed E-state index contributed by atoms with van der Waals surface area (Å²) in [7, 11) is 1.87. The van der Waals surface area contributed by atoms with Crippen LogP contribution in [0.2, 0.25) is 0 Å². The normalized spacial score (nSPS) is 12.4. The zero-order valence-corrected chi connectivity index (χ0v) is 10.9. The molecule has 0 saturated heterocycles. The second kappa shape index (κ2) is 5.27. The molecule has 0 fully saturated rings. The Bertz CT molecular complexity index is 552. The summed E-state index contributed by atoms with van der Waals surface area (Å²) in [6.45, 7) is 3.94. The van der Waals surface area contributed by atoms with Gasteiger partial charge >= 0.3 is 0 Å². The van der Waals surface area contributed by atoms with Crippen molar-refractivity contribution in [2.75, 3.05) is 7.05 Å². The van der Waals surface area contributed by atoms with Gasteiger partial charge in [-0.2, -0.15) is 0 Å². The van der Waals surface area contributed by atoms with Gasteiger partial charge in [0.15, 0.2) is 0 Å². The fourth-order valence-electron chi connectivity index (χ4n) is 2.19. The summed E-state index contributed by atoms with van der Waals surface area (Å²) in [5.41, 5.74) is 3.95. The first-order chi connectivity index (χ1) is 8.61. The van der Waals surface area contributed by atoms with Gasteiger partial charge < -0.3 is 5.32 Å². The molecular formula is C15H17FN2. The molecule has 1 aromatic carbocycles. The van der Waals surface area contributed by atoms with Crippen LogP contribution in [-0.2, 0) is 0 Å². The van der Waals surface area contributed by atoms with Crippen LogP contribution in [0.5, 0.6) is 0 Å². The van der Waals surface area contributed by atoms with Crippen molar-refractivity contribution in [2.45, 2.75) is 19.9 Å². The summed E-state index contributed by atoms with van der Waals surface area (Å²) >= 11 is 0. The molecule has 0 spiro atoms. The van der Waals surface area contributed by atoms with Crippen molar-refractivity contribution >= 4 is 0 Å². The van der Waals surface area contributed by atoms with Crippen LogP contribution in [0.4, 0.5) is 4.39 Å². The number of hydrogen-bond acceptors (Lipinski definition) is 2. The fourth-order valence-corrected chi connectivity index (χ4v) is 2.19. The van der Waals surface area contributed by atoms with Gasteiger partial charge in [-0.1, -0.05) is 18.2 Å². The van der Waals surface area contributed by atoms with Gasteiger partial charge in [0.2, 0.25) is 0 Å². The highest BCUT2D eigenvalue weighted by atomic mass is 19.1. The average Bonchev–Trinajstić information content (AvgIpc) is 2.33. The summed E-state index contributed by atoms with van der Waals surface area (Å²) in [6, 6.07) is 10.6. The highest BCUT2D eigenvalue weighted by molar-refractivity contribution is 5.34. The molecule has 0 amide bonds. The minimum atomic E-state index is -0.217. The number of rotatable bonds is 3. The minimum Gasteiger partial charge on any atom is -0.309 e. The van der Waals surface area contributed by atoms with E-state index in [9.17, 15) is 4.39 Å². The second-order valence-corrected chi connectivity index (χ2v) is 4.40. The van der Waals surface area contributed by atoms with Crippen LogP contribution in [-0.4, -0.2) is 12.0 Å². The summed E-state index contributed by atoms with van der Waals surface area (Å²) < 4.78 is 13.3. The molecule has 0 aliphatic heterocycles. The third kappa shape index (κ3) is 2.57. The zero-order chi connectivity index (χ0) is 13.1. The molecule has 3 heteroatoms. The number of halogens is 1. The molecule has 0 bridgehead atoms. The molecule has 18 heavy (non-hydrogen) atoms. The monoisotopic (exact) mass is 244 g/mol. The van der Waals surface area contributed by atoms with E-state index in [2.05, 4.69) is 10.3 Å². The Kier molecular flexibility index (Phi) is 3.72. The van der Waals surface area contributed by atoms with Crippen LogP contribution >= 0.6 is 0 Å². The van der Waals surface area contributed by atoms with E-state index in [0.717, 1.165) is 22.5 Å². The predicted molar refractivity (Wildman–Crippen MR) is 71.0 cm³/mol. The Balaban J connectivity index is 2.45. The van der Waals surface area contributed by atoms with Crippen molar-refractivity contribution in [2.24, 2.45) is 0 Å².